The molecule has 1 aromatic carbocycles. The molecule has 0 fully saturated rings. The third-order valence-electron chi connectivity index (χ3n) is 5.83. The first-order valence-electron chi connectivity index (χ1n) is 13.0. The minimum Gasteiger partial charge on any atom is -0.481 e. The quantitative estimate of drug-likeness (QED) is 0.0502. The maximum absolute atomic E-state index is 13.0. The van der Waals surface area contributed by atoms with Crippen molar-refractivity contribution in [1.29, 1.82) is 0 Å². The molecule has 0 unspecified atom stereocenters. The van der Waals surface area contributed by atoms with Gasteiger partial charge in [-0.3, -0.25) is 33.9 Å². The molecule has 3 atom stereocenters. The Hall–Kier alpha value is -5.39. The van der Waals surface area contributed by atoms with Gasteiger partial charge in [-0.25, -0.2) is 4.99 Å². The van der Waals surface area contributed by atoms with Crippen molar-refractivity contribution in [1.82, 2.24) is 20.9 Å². The van der Waals surface area contributed by atoms with Gasteiger partial charge in [0.1, 0.15) is 18.3 Å². The van der Waals surface area contributed by atoms with Crippen LogP contribution in [0.25, 0.3) is 0 Å². The van der Waals surface area contributed by atoms with Crippen LogP contribution in [0.2, 0.25) is 0 Å². The highest BCUT2D eigenvalue weighted by Gasteiger charge is 2.29. The molecule has 0 saturated carbocycles. The van der Waals surface area contributed by atoms with Gasteiger partial charge in [0.2, 0.25) is 17.7 Å². The summed E-state index contributed by atoms with van der Waals surface area (Å²) in [6.45, 7) is -0.568. The van der Waals surface area contributed by atoms with Crippen LogP contribution in [-0.2, 0) is 35.1 Å². The number of ether oxygens (including phenoxy) is 1. The monoisotopic (exact) mass is 603 g/mol. The summed E-state index contributed by atoms with van der Waals surface area (Å²) in [5.41, 5.74) is 28.7. The van der Waals surface area contributed by atoms with Crippen molar-refractivity contribution in [2.24, 2.45) is 38.7 Å². The predicted molar refractivity (Wildman–Crippen MR) is 155 cm³/mol. The van der Waals surface area contributed by atoms with E-state index in [1.165, 1.54) is 12.5 Å². The van der Waals surface area contributed by atoms with Crippen molar-refractivity contribution in [2.75, 3.05) is 19.8 Å². The summed E-state index contributed by atoms with van der Waals surface area (Å²) in [7, 11) is 0. The van der Waals surface area contributed by atoms with E-state index in [1.807, 2.05) is 0 Å². The third kappa shape index (κ3) is 12.3. The highest BCUT2D eigenvalue weighted by Crippen LogP contribution is 2.14. The maximum atomic E-state index is 13.0. The SMILES string of the molecule is NC(N)=NCCC[C@H](NC(=O)[C@@H](N)Cc1ccc(N=C(N)N)cc1)C(=O)NCC(=O)N[C@@H](CC(=O)O)C(=O)N1C=COC1. The third-order valence-corrected chi connectivity index (χ3v) is 5.83. The Kier molecular flexibility index (Phi) is 13.2. The zero-order chi connectivity index (χ0) is 31.9. The zero-order valence-electron chi connectivity index (χ0n) is 23.3. The number of hydrogen-bond acceptors (Lipinski definition) is 9. The van der Waals surface area contributed by atoms with E-state index in [1.54, 1.807) is 24.3 Å². The molecule has 0 aliphatic carbocycles. The molecule has 0 spiro atoms. The molecule has 1 aliphatic heterocycles. The molecule has 2 rings (SSSR count). The summed E-state index contributed by atoms with van der Waals surface area (Å²) < 4.78 is 4.92. The van der Waals surface area contributed by atoms with Crippen molar-refractivity contribution in [3.63, 3.8) is 0 Å². The number of hydrogen-bond donors (Lipinski definition) is 9. The number of rotatable bonds is 16. The number of nitrogens with one attached hydrogen (secondary N) is 3. The van der Waals surface area contributed by atoms with E-state index < -0.39 is 60.7 Å². The van der Waals surface area contributed by atoms with Crippen LogP contribution in [0.1, 0.15) is 24.8 Å². The van der Waals surface area contributed by atoms with Gasteiger partial charge in [-0.2, -0.15) is 0 Å². The largest absolute Gasteiger partial charge is 0.481 e. The second-order valence-electron chi connectivity index (χ2n) is 9.35. The van der Waals surface area contributed by atoms with Crippen molar-refractivity contribution < 1.29 is 33.8 Å². The summed E-state index contributed by atoms with van der Waals surface area (Å²) in [4.78, 5) is 71.0. The van der Waals surface area contributed by atoms with Crippen LogP contribution < -0.4 is 44.6 Å². The number of nitrogens with zero attached hydrogens (tertiary/aromatic N) is 3. The van der Waals surface area contributed by atoms with Gasteiger partial charge in [-0.1, -0.05) is 12.1 Å². The summed E-state index contributed by atoms with van der Waals surface area (Å²) in [5.74, 6) is -4.46. The second kappa shape index (κ2) is 16.8. The molecular weight excluding hydrogens is 566 g/mol. The van der Waals surface area contributed by atoms with Crippen LogP contribution in [0.5, 0.6) is 0 Å². The molecule has 43 heavy (non-hydrogen) atoms. The van der Waals surface area contributed by atoms with Crippen molar-refractivity contribution >= 4 is 47.2 Å². The van der Waals surface area contributed by atoms with E-state index >= 15 is 0 Å². The number of carbonyl (C=O) groups is 5. The molecule has 4 amide bonds. The van der Waals surface area contributed by atoms with E-state index in [4.69, 9.17) is 38.5 Å². The fraction of sp³-hybridized carbons (Fsp3) is 0.400. The van der Waals surface area contributed by atoms with Gasteiger partial charge >= 0.3 is 5.97 Å². The molecule has 18 nitrogen and oxygen atoms in total. The lowest BCUT2D eigenvalue weighted by molar-refractivity contribution is -0.143. The van der Waals surface area contributed by atoms with Gasteiger partial charge < -0.3 is 54.5 Å². The normalized spacial score (nSPS) is 13.9. The molecule has 0 radical (unpaired) electrons. The standard InChI is InChI=1S/C25H37N11O7/c26-16(10-14-3-5-15(6-4-14)33-25(29)30)21(40)35-17(2-1-7-31-24(27)28)22(41)32-12-19(37)34-18(11-20(38)39)23(42)36-8-9-43-13-36/h3-6,8-9,16-18H,1-2,7,10-13,26H2,(H,32,41)(H,34,37)(H,35,40)(H,38,39)(H4,27,28,31)(H4,29,30,33)/t16-,17-,18-/m0/s1. The average Bonchev–Trinajstić information content (AvgIpc) is 3.48. The fourth-order valence-corrected chi connectivity index (χ4v) is 3.78. The number of aliphatic imine (C=N–C) groups is 2. The van der Waals surface area contributed by atoms with E-state index in [9.17, 15) is 24.0 Å². The molecule has 0 aromatic heterocycles. The van der Waals surface area contributed by atoms with Gasteiger partial charge in [0.05, 0.1) is 24.7 Å². The Morgan fingerprint density at radius 2 is 1.67 bits per heavy atom. The highest BCUT2D eigenvalue weighted by molar-refractivity contribution is 5.94. The van der Waals surface area contributed by atoms with Gasteiger partial charge in [-0.15, -0.1) is 0 Å². The Balaban J connectivity index is 2.01. The average molecular weight is 604 g/mol. The Labute approximate surface area is 246 Å². The highest BCUT2D eigenvalue weighted by atomic mass is 16.5. The van der Waals surface area contributed by atoms with Gasteiger partial charge in [-0.05, 0) is 37.0 Å². The predicted octanol–water partition coefficient (Wildman–Crippen LogP) is -3.64. The number of amides is 4. The number of nitrogens with two attached hydrogens (primary N) is 5. The van der Waals surface area contributed by atoms with Crippen molar-refractivity contribution in [2.45, 2.75) is 43.8 Å². The molecule has 1 aliphatic rings. The van der Waals surface area contributed by atoms with E-state index in [2.05, 4.69) is 25.9 Å². The molecule has 14 N–H and O–H groups in total. The van der Waals surface area contributed by atoms with Crippen LogP contribution in [0.3, 0.4) is 0 Å². The second-order valence-corrected chi connectivity index (χ2v) is 9.35. The Morgan fingerprint density at radius 1 is 0.977 bits per heavy atom. The number of guanidine groups is 2. The lowest BCUT2D eigenvalue weighted by Crippen LogP contribution is -2.54. The first kappa shape index (κ1) is 33.8. The number of benzene rings is 1. The molecule has 1 heterocycles. The number of aliphatic carboxylic acids is 1. The molecule has 18 heteroatoms. The van der Waals surface area contributed by atoms with Crippen molar-refractivity contribution in [3.8, 4) is 0 Å². The van der Waals surface area contributed by atoms with Gasteiger partial charge in [0, 0.05) is 12.7 Å². The summed E-state index contributed by atoms with van der Waals surface area (Å²) in [6, 6.07) is 3.13. The first-order valence-corrected chi connectivity index (χ1v) is 13.0. The minimum absolute atomic E-state index is 0.0946. The van der Waals surface area contributed by atoms with Crippen LogP contribution in [0.15, 0.2) is 46.7 Å². The first-order chi connectivity index (χ1) is 20.3. The Bertz CT molecular complexity index is 1240. The van der Waals surface area contributed by atoms with Gasteiger partial charge in [0.15, 0.2) is 18.6 Å². The summed E-state index contributed by atoms with van der Waals surface area (Å²) in [6.07, 6.45) is 2.38. The topological polar surface area (TPSA) is 309 Å². The maximum Gasteiger partial charge on any atom is 0.305 e. The van der Waals surface area contributed by atoms with E-state index in [-0.39, 0.29) is 38.0 Å². The number of carbonyl (C=O) groups excluding carboxylic acids is 4. The van der Waals surface area contributed by atoms with Gasteiger partial charge in [0.25, 0.3) is 5.91 Å². The molecular formula is C25H37N11O7. The molecule has 234 valence electrons. The zero-order valence-corrected chi connectivity index (χ0v) is 23.3. The molecule has 1 aromatic rings. The van der Waals surface area contributed by atoms with Crippen LogP contribution >= 0.6 is 0 Å². The summed E-state index contributed by atoms with van der Waals surface area (Å²) in [5, 5.41) is 16.4. The number of carboxylic acid groups (broad SMARTS) is 1. The molecule has 0 bridgehead atoms. The minimum atomic E-state index is -1.41. The lowest BCUT2D eigenvalue weighted by atomic mass is 10.0. The smallest absolute Gasteiger partial charge is 0.305 e. The fourth-order valence-electron chi connectivity index (χ4n) is 3.78. The Morgan fingerprint density at radius 3 is 2.26 bits per heavy atom. The molecule has 0 saturated heterocycles. The van der Waals surface area contributed by atoms with Crippen LogP contribution in [0, 0.1) is 0 Å². The van der Waals surface area contributed by atoms with Crippen LogP contribution in [-0.4, -0.2) is 89.5 Å². The van der Waals surface area contributed by atoms with Crippen LogP contribution in [0.4, 0.5) is 5.69 Å². The number of carboxylic acids is 1. The van der Waals surface area contributed by atoms with E-state index in [0.717, 1.165) is 4.90 Å². The van der Waals surface area contributed by atoms with E-state index in [0.29, 0.717) is 17.7 Å². The lowest BCUT2D eigenvalue weighted by Gasteiger charge is -2.22. The van der Waals surface area contributed by atoms with Crippen molar-refractivity contribution in [3.05, 3.63) is 42.3 Å². The summed E-state index contributed by atoms with van der Waals surface area (Å²) >= 11 is 0.